The van der Waals surface area contributed by atoms with Gasteiger partial charge in [0.2, 0.25) is 0 Å². The first-order valence-electron chi connectivity index (χ1n) is 6.61. The third kappa shape index (κ3) is 3.55. The summed E-state index contributed by atoms with van der Waals surface area (Å²) in [5.41, 5.74) is 2.06. The van der Waals surface area contributed by atoms with Gasteiger partial charge in [0.25, 0.3) is 5.91 Å². The fraction of sp³-hybridized carbons (Fsp3) is 0.312. The van der Waals surface area contributed by atoms with E-state index in [-0.39, 0.29) is 5.91 Å². The van der Waals surface area contributed by atoms with Crippen LogP contribution in [0.15, 0.2) is 24.3 Å². The Morgan fingerprint density at radius 2 is 1.95 bits per heavy atom. The van der Waals surface area contributed by atoms with Gasteiger partial charge in [-0.3, -0.25) is 4.79 Å². The Labute approximate surface area is 128 Å². The lowest BCUT2D eigenvalue weighted by Gasteiger charge is -2.11. The molecule has 1 N–H and O–H groups in total. The fourth-order valence-corrected chi connectivity index (χ4v) is 2.90. The molecule has 1 aromatic heterocycles. The number of carbonyl (C=O) groups is 1. The molecule has 0 saturated carbocycles. The van der Waals surface area contributed by atoms with Crippen molar-refractivity contribution in [3.8, 4) is 11.5 Å². The molecule has 4 nitrogen and oxygen atoms in total. The lowest BCUT2D eigenvalue weighted by Crippen LogP contribution is -2.22. The van der Waals surface area contributed by atoms with Crippen molar-refractivity contribution >= 4 is 17.2 Å². The summed E-state index contributed by atoms with van der Waals surface area (Å²) in [4.78, 5) is 14.0. The average Bonchev–Trinajstić information content (AvgIpc) is 2.84. The van der Waals surface area contributed by atoms with Gasteiger partial charge >= 0.3 is 0 Å². The molecule has 0 spiro atoms. The van der Waals surface area contributed by atoms with E-state index < -0.39 is 0 Å². The Balaban J connectivity index is 2.07. The Morgan fingerprint density at radius 1 is 1.19 bits per heavy atom. The highest BCUT2D eigenvalue weighted by Gasteiger charge is 2.11. The third-order valence-corrected chi connectivity index (χ3v) is 4.47. The minimum absolute atomic E-state index is 0.0610. The molecule has 0 atom stereocenters. The van der Waals surface area contributed by atoms with E-state index in [4.69, 9.17) is 9.47 Å². The highest BCUT2D eigenvalue weighted by molar-refractivity contribution is 7.14. The van der Waals surface area contributed by atoms with E-state index in [1.54, 1.807) is 20.3 Å². The van der Waals surface area contributed by atoms with Crippen LogP contribution in [0.2, 0.25) is 0 Å². The SMILES string of the molecule is COc1ccc(CNC(=O)c2cc(C)c(C)s2)c(OC)c1. The molecule has 0 radical (unpaired) electrons. The molecule has 0 aliphatic heterocycles. The van der Waals surface area contributed by atoms with E-state index in [0.717, 1.165) is 21.8 Å². The number of aryl methyl sites for hydroxylation is 2. The van der Waals surface area contributed by atoms with Gasteiger partial charge in [0.1, 0.15) is 11.5 Å². The molecule has 1 heterocycles. The molecular formula is C16H19NO3S. The lowest BCUT2D eigenvalue weighted by molar-refractivity contribution is 0.0954. The molecule has 0 aliphatic carbocycles. The van der Waals surface area contributed by atoms with Crippen molar-refractivity contribution in [3.63, 3.8) is 0 Å². The molecular weight excluding hydrogens is 286 g/mol. The van der Waals surface area contributed by atoms with E-state index in [1.807, 2.05) is 32.0 Å². The van der Waals surface area contributed by atoms with Crippen LogP contribution >= 0.6 is 11.3 Å². The standard InChI is InChI=1S/C16H19NO3S/c1-10-7-15(21-11(10)2)16(18)17-9-12-5-6-13(19-3)8-14(12)20-4/h5-8H,9H2,1-4H3,(H,17,18). The van der Waals surface area contributed by atoms with Crippen LogP contribution in [-0.4, -0.2) is 20.1 Å². The van der Waals surface area contributed by atoms with Gasteiger partial charge in [-0.25, -0.2) is 0 Å². The van der Waals surface area contributed by atoms with Crippen LogP contribution in [0.1, 0.15) is 25.7 Å². The topological polar surface area (TPSA) is 47.6 Å². The van der Waals surface area contributed by atoms with Gasteiger partial charge in [0.05, 0.1) is 19.1 Å². The Morgan fingerprint density at radius 3 is 2.52 bits per heavy atom. The number of carbonyl (C=O) groups excluding carboxylic acids is 1. The van der Waals surface area contributed by atoms with E-state index in [0.29, 0.717) is 12.3 Å². The van der Waals surface area contributed by atoms with Gasteiger partial charge < -0.3 is 14.8 Å². The van der Waals surface area contributed by atoms with Gasteiger partial charge in [-0.15, -0.1) is 11.3 Å². The van der Waals surface area contributed by atoms with E-state index in [2.05, 4.69) is 5.32 Å². The first-order valence-corrected chi connectivity index (χ1v) is 7.43. The Kier molecular flexibility index (Phi) is 4.85. The largest absolute Gasteiger partial charge is 0.497 e. The van der Waals surface area contributed by atoms with Crippen LogP contribution in [0.25, 0.3) is 0 Å². The van der Waals surface area contributed by atoms with E-state index in [9.17, 15) is 4.79 Å². The maximum atomic E-state index is 12.1. The number of ether oxygens (including phenoxy) is 2. The van der Waals surface area contributed by atoms with Crippen molar-refractivity contribution in [2.75, 3.05) is 14.2 Å². The maximum absolute atomic E-state index is 12.1. The monoisotopic (exact) mass is 305 g/mol. The summed E-state index contributed by atoms with van der Waals surface area (Å²) >= 11 is 1.51. The number of amides is 1. The first kappa shape index (κ1) is 15.4. The molecule has 21 heavy (non-hydrogen) atoms. The number of rotatable bonds is 5. The van der Waals surface area contributed by atoms with Gasteiger partial charge in [0.15, 0.2) is 0 Å². The summed E-state index contributed by atoms with van der Waals surface area (Å²) in [6.07, 6.45) is 0. The molecule has 1 amide bonds. The third-order valence-electron chi connectivity index (χ3n) is 3.32. The predicted octanol–water partition coefficient (Wildman–Crippen LogP) is 3.31. The van der Waals surface area contributed by atoms with Crippen LogP contribution in [-0.2, 0) is 6.54 Å². The molecule has 0 saturated heterocycles. The molecule has 5 heteroatoms. The summed E-state index contributed by atoms with van der Waals surface area (Å²) in [5, 5.41) is 2.92. The highest BCUT2D eigenvalue weighted by Crippen LogP contribution is 2.25. The van der Waals surface area contributed by atoms with Crippen molar-refractivity contribution in [3.05, 3.63) is 45.1 Å². The molecule has 0 bridgehead atoms. The van der Waals surface area contributed by atoms with Crippen molar-refractivity contribution in [2.45, 2.75) is 20.4 Å². The normalized spacial score (nSPS) is 10.3. The zero-order valence-corrected chi connectivity index (χ0v) is 13.5. The second-order valence-electron chi connectivity index (χ2n) is 4.71. The lowest BCUT2D eigenvalue weighted by atomic mass is 10.2. The fourth-order valence-electron chi connectivity index (χ4n) is 1.95. The van der Waals surface area contributed by atoms with Crippen LogP contribution < -0.4 is 14.8 Å². The molecule has 0 aliphatic rings. The van der Waals surface area contributed by atoms with Gasteiger partial charge in [0, 0.05) is 23.1 Å². The van der Waals surface area contributed by atoms with Gasteiger partial charge in [-0.1, -0.05) is 0 Å². The van der Waals surface area contributed by atoms with Crippen LogP contribution in [0.3, 0.4) is 0 Å². The van der Waals surface area contributed by atoms with Crippen molar-refractivity contribution < 1.29 is 14.3 Å². The zero-order chi connectivity index (χ0) is 15.4. The zero-order valence-electron chi connectivity index (χ0n) is 12.6. The number of hydrogen-bond donors (Lipinski definition) is 1. The number of hydrogen-bond acceptors (Lipinski definition) is 4. The van der Waals surface area contributed by atoms with Crippen molar-refractivity contribution in [2.24, 2.45) is 0 Å². The number of nitrogens with one attached hydrogen (secondary N) is 1. The van der Waals surface area contributed by atoms with E-state index >= 15 is 0 Å². The summed E-state index contributed by atoms with van der Waals surface area (Å²) in [6, 6.07) is 7.47. The number of thiophene rings is 1. The van der Waals surface area contributed by atoms with Gasteiger partial charge in [-0.05, 0) is 37.6 Å². The summed E-state index contributed by atoms with van der Waals surface area (Å²) < 4.78 is 10.5. The maximum Gasteiger partial charge on any atom is 0.261 e. The second-order valence-corrected chi connectivity index (χ2v) is 5.97. The van der Waals surface area contributed by atoms with Gasteiger partial charge in [-0.2, -0.15) is 0 Å². The second kappa shape index (κ2) is 6.63. The number of methoxy groups -OCH3 is 2. The smallest absolute Gasteiger partial charge is 0.261 e. The Bertz CT molecular complexity index is 629. The van der Waals surface area contributed by atoms with Crippen LogP contribution in [0, 0.1) is 13.8 Å². The predicted molar refractivity (Wildman–Crippen MR) is 84.5 cm³/mol. The Hall–Kier alpha value is -2.01. The minimum Gasteiger partial charge on any atom is -0.497 e. The molecule has 0 unspecified atom stereocenters. The first-order chi connectivity index (χ1) is 10.0. The van der Waals surface area contributed by atoms with Crippen LogP contribution in [0.4, 0.5) is 0 Å². The average molecular weight is 305 g/mol. The molecule has 0 fully saturated rings. The summed E-state index contributed by atoms with van der Waals surface area (Å²) in [5.74, 6) is 1.37. The van der Waals surface area contributed by atoms with Crippen molar-refractivity contribution in [1.29, 1.82) is 0 Å². The highest BCUT2D eigenvalue weighted by atomic mass is 32.1. The van der Waals surface area contributed by atoms with Crippen LogP contribution in [0.5, 0.6) is 11.5 Å². The van der Waals surface area contributed by atoms with E-state index in [1.165, 1.54) is 16.2 Å². The quantitative estimate of drug-likeness (QED) is 0.922. The summed E-state index contributed by atoms with van der Waals surface area (Å²) in [6.45, 7) is 4.44. The summed E-state index contributed by atoms with van der Waals surface area (Å²) in [7, 11) is 3.21. The molecule has 112 valence electrons. The number of benzene rings is 1. The molecule has 1 aromatic carbocycles. The molecule has 2 aromatic rings. The molecule has 2 rings (SSSR count). The van der Waals surface area contributed by atoms with Crippen molar-refractivity contribution in [1.82, 2.24) is 5.32 Å². The minimum atomic E-state index is -0.0610.